The highest BCUT2D eigenvalue weighted by molar-refractivity contribution is 6.30. The van der Waals surface area contributed by atoms with Crippen molar-refractivity contribution < 1.29 is 23.9 Å². The Balaban J connectivity index is 1.43. The molecule has 2 aliphatic rings. The van der Waals surface area contributed by atoms with Crippen LogP contribution < -0.4 is 15.0 Å². The summed E-state index contributed by atoms with van der Waals surface area (Å²) in [6, 6.07) is 16.9. The Kier molecular flexibility index (Phi) is 4.59. The zero-order valence-corrected chi connectivity index (χ0v) is 17.2. The maximum absolute atomic E-state index is 13.1. The van der Waals surface area contributed by atoms with Crippen molar-refractivity contribution >= 4 is 34.8 Å². The van der Waals surface area contributed by atoms with Crippen LogP contribution in [-0.2, 0) is 9.59 Å². The monoisotopic (exact) mass is 426 g/mol. The number of anilines is 2. The first-order chi connectivity index (χ1) is 15.4. The van der Waals surface area contributed by atoms with Crippen LogP contribution in [0.3, 0.4) is 0 Å². The van der Waals surface area contributed by atoms with E-state index in [4.69, 9.17) is 4.74 Å². The Morgan fingerprint density at radius 2 is 1.66 bits per heavy atom. The first-order valence-electron chi connectivity index (χ1n) is 10.1. The summed E-state index contributed by atoms with van der Waals surface area (Å²) < 4.78 is 5.28. The summed E-state index contributed by atoms with van der Waals surface area (Å²) in [4.78, 5) is 52.5. The highest BCUT2D eigenvalue weighted by atomic mass is 16.5. The Labute approximate surface area is 183 Å². The van der Waals surface area contributed by atoms with Gasteiger partial charge in [-0.2, -0.15) is 0 Å². The van der Waals surface area contributed by atoms with Gasteiger partial charge in [-0.05, 0) is 30.7 Å². The van der Waals surface area contributed by atoms with Gasteiger partial charge in [-0.15, -0.1) is 0 Å². The quantitative estimate of drug-likeness (QED) is 0.400. The molecule has 1 aliphatic heterocycles. The summed E-state index contributed by atoms with van der Waals surface area (Å²) >= 11 is 0. The second-order valence-corrected chi connectivity index (χ2v) is 7.78. The highest BCUT2D eigenvalue weighted by Gasteiger charge is 2.32. The zero-order valence-electron chi connectivity index (χ0n) is 17.2. The van der Waals surface area contributed by atoms with Gasteiger partial charge in [-0.3, -0.25) is 14.4 Å². The molecule has 0 radical (unpaired) electrons. The second kappa shape index (κ2) is 7.46. The fourth-order valence-corrected chi connectivity index (χ4v) is 4.11. The van der Waals surface area contributed by atoms with E-state index in [9.17, 15) is 19.2 Å². The zero-order chi connectivity index (χ0) is 22.4. The number of ether oxygens (including phenoxy) is 1. The first-order valence-corrected chi connectivity index (χ1v) is 10.1. The molecule has 3 aromatic carbocycles. The topological polar surface area (TPSA) is 92.8 Å². The maximum Gasteiger partial charge on any atom is 0.331 e. The lowest BCUT2D eigenvalue weighted by molar-refractivity contribution is -0.133. The minimum atomic E-state index is -0.453. The van der Waals surface area contributed by atoms with Crippen LogP contribution in [0.1, 0.15) is 37.4 Å². The van der Waals surface area contributed by atoms with Crippen molar-refractivity contribution in [1.29, 1.82) is 0 Å². The number of ketones is 2. The molecule has 5 rings (SSSR count). The number of amides is 1. The van der Waals surface area contributed by atoms with Crippen molar-refractivity contribution in [2.45, 2.75) is 6.92 Å². The Morgan fingerprint density at radius 3 is 2.44 bits per heavy atom. The van der Waals surface area contributed by atoms with Gasteiger partial charge in [-0.1, -0.05) is 42.5 Å². The van der Waals surface area contributed by atoms with Crippen LogP contribution in [0.4, 0.5) is 11.4 Å². The molecule has 1 heterocycles. The summed E-state index contributed by atoms with van der Waals surface area (Å²) in [6.45, 7) is 1.70. The van der Waals surface area contributed by atoms with Crippen molar-refractivity contribution in [3.8, 4) is 5.75 Å². The molecule has 0 fully saturated rings. The number of hydrogen-bond acceptors (Lipinski definition) is 6. The highest BCUT2D eigenvalue weighted by Crippen LogP contribution is 2.34. The third-order valence-electron chi connectivity index (χ3n) is 5.56. The number of aryl methyl sites for hydroxylation is 1. The van der Waals surface area contributed by atoms with Gasteiger partial charge in [0.2, 0.25) is 5.91 Å². The van der Waals surface area contributed by atoms with Gasteiger partial charge in [-0.25, -0.2) is 4.79 Å². The molecule has 1 aliphatic carbocycles. The van der Waals surface area contributed by atoms with E-state index in [0.29, 0.717) is 22.6 Å². The van der Waals surface area contributed by atoms with Crippen molar-refractivity contribution in [1.82, 2.24) is 0 Å². The standard InChI is InChI=1S/C25H18N2O5/c1-14-9-10-19-20(11-14)32-22(29)13-27(19)12-21(28)26-18-8-4-7-17-23(18)25(31)16-6-3-2-5-15(16)24(17)30/h2-11H,12-13H2,1H3,(H,26,28). The average Bonchev–Trinajstić information content (AvgIpc) is 2.77. The van der Waals surface area contributed by atoms with E-state index in [0.717, 1.165) is 5.56 Å². The van der Waals surface area contributed by atoms with Crippen molar-refractivity contribution in [3.05, 3.63) is 88.5 Å². The lowest BCUT2D eigenvalue weighted by Gasteiger charge is -2.29. The largest absolute Gasteiger partial charge is 0.423 e. The molecule has 7 nitrogen and oxygen atoms in total. The summed E-state index contributed by atoms with van der Waals surface area (Å²) in [5.41, 5.74) is 2.95. The average molecular weight is 426 g/mol. The molecule has 0 saturated heterocycles. The molecule has 0 saturated carbocycles. The van der Waals surface area contributed by atoms with Crippen LogP contribution in [0, 0.1) is 6.92 Å². The number of nitrogens with zero attached hydrogens (tertiary/aromatic N) is 1. The third kappa shape index (κ3) is 3.24. The predicted octanol–water partition coefficient (Wildman–Crippen LogP) is 3.13. The summed E-state index contributed by atoms with van der Waals surface area (Å²) in [6.07, 6.45) is 0. The molecule has 1 N–H and O–H groups in total. The van der Waals surface area contributed by atoms with E-state index in [1.165, 1.54) is 0 Å². The fraction of sp³-hybridized carbons (Fsp3) is 0.120. The van der Waals surface area contributed by atoms with Crippen LogP contribution in [0.25, 0.3) is 0 Å². The Hall–Kier alpha value is -4.26. The van der Waals surface area contributed by atoms with Gasteiger partial charge in [0.15, 0.2) is 17.3 Å². The lowest BCUT2D eigenvalue weighted by Crippen LogP contribution is -2.41. The van der Waals surface area contributed by atoms with Crippen LogP contribution in [-0.4, -0.2) is 36.5 Å². The van der Waals surface area contributed by atoms with Crippen LogP contribution >= 0.6 is 0 Å². The molecule has 0 aromatic heterocycles. The number of hydrogen-bond donors (Lipinski definition) is 1. The SMILES string of the molecule is Cc1ccc2c(c1)OC(=O)CN2CC(=O)Nc1cccc2c1C(=O)c1ccccc1C2=O. The molecule has 0 unspecified atom stereocenters. The molecule has 0 bridgehead atoms. The number of rotatable bonds is 3. The molecule has 7 heteroatoms. The molecule has 0 spiro atoms. The molecule has 0 atom stereocenters. The molecule has 32 heavy (non-hydrogen) atoms. The van der Waals surface area contributed by atoms with E-state index in [1.54, 1.807) is 59.5 Å². The molecular formula is C25H18N2O5. The first kappa shape index (κ1) is 19.7. The summed E-state index contributed by atoms with van der Waals surface area (Å²) in [5, 5.41) is 2.75. The smallest absolute Gasteiger partial charge is 0.331 e. The van der Waals surface area contributed by atoms with Crippen LogP contribution in [0.2, 0.25) is 0 Å². The third-order valence-corrected chi connectivity index (χ3v) is 5.56. The summed E-state index contributed by atoms with van der Waals surface area (Å²) in [5.74, 6) is -1.03. The number of carbonyl (C=O) groups is 4. The van der Waals surface area contributed by atoms with Gasteiger partial charge < -0.3 is 15.0 Å². The number of benzene rings is 3. The predicted molar refractivity (Wildman–Crippen MR) is 117 cm³/mol. The minimum Gasteiger partial charge on any atom is -0.423 e. The number of nitrogens with one attached hydrogen (secondary N) is 1. The van der Waals surface area contributed by atoms with Gasteiger partial charge in [0.25, 0.3) is 0 Å². The van der Waals surface area contributed by atoms with Crippen molar-refractivity contribution in [2.75, 3.05) is 23.3 Å². The normalized spacial score (nSPS) is 14.3. The minimum absolute atomic E-state index is 0.0683. The van der Waals surface area contributed by atoms with Crippen molar-refractivity contribution in [3.63, 3.8) is 0 Å². The number of carbonyl (C=O) groups excluding carboxylic acids is 4. The Bertz CT molecular complexity index is 1330. The lowest BCUT2D eigenvalue weighted by atomic mass is 9.83. The molecule has 158 valence electrons. The number of fused-ring (bicyclic) bond motifs is 3. The Morgan fingerprint density at radius 1 is 0.938 bits per heavy atom. The van der Waals surface area contributed by atoms with Gasteiger partial charge in [0, 0.05) is 16.7 Å². The van der Waals surface area contributed by atoms with E-state index in [2.05, 4.69) is 5.32 Å². The molecule has 1 amide bonds. The summed E-state index contributed by atoms with van der Waals surface area (Å²) in [7, 11) is 0. The molecule has 3 aromatic rings. The van der Waals surface area contributed by atoms with Crippen molar-refractivity contribution in [2.24, 2.45) is 0 Å². The van der Waals surface area contributed by atoms with E-state index in [-0.39, 0.29) is 41.5 Å². The van der Waals surface area contributed by atoms with Gasteiger partial charge in [0.1, 0.15) is 6.54 Å². The fourth-order valence-electron chi connectivity index (χ4n) is 4.11. The van der Waals surface area contributed by atoms with E-state index >= 15 is 0 Å². The van der Waals surface area contributed by atoms with E-state index < -0.39 is 11.9 Å². The van der Waals surface area contributed by atoms with Crippen LogP contribution in [0.5, 0.6) is 5.75 Å². The van der Waals surface area contributed by atoms with Gasteiger partial charge >= 0.3 is 5.97 Å². The van der Waals surface area contributed by atoms with E-state index in [1.807, 2.05) is 13.0 Å². The van der Waals surface area contributed by atoms with Gasteiger partial charge in [0.05, 0.1) is 23.5 Å². The molecular weight excluding hydrogens is 408 g/mol. The van der Waals surface area contributed by atoms with Crippen LogP contribution in [0.15, 0.2) is 60.7 Å². The maximum atomic E-state index is 13.1. The second-order valence-electron chi connectivity index (χ2n) is 7.78. The number of esters is 1.